The van der Waals surface area contributed by atoms with Gasteiger partial charge in [-0.05, 0) is 49.9 Å². The highest BCUT2D eigenvalue weighted by molar-refractivity contribution is 5.78. The largest absolute Gasteiger partial charge is 0.477 e. The van der Waals surface area contributed by atoms with Gasteiger partial charge in [-0.25, -0.2) is 15.0 Å². The number of ether oxygens (including phenoxy) is 1. The second-order valence-electron chi connectivity index (χ2n) is 8.46. The third-order valence-electron chi connectivity index (χ3n) is 6.18. The zero-order chi connectivity index (χ0) is 26.2. The third kappa shape index (κ3) is 6.14. The summed E-state index contributed by atoms with van der Waals surface area (Å²) < 4.78 is 5.65. The Morgan fingerprint density at radius 3 is 2.70 bits per heavy atom. The fourth-order valence-electron chi connectivity index (χ4n) is 4.17. The minimum Gasteiger partial charge on any atom is -0.477 e. The van der Waals surface area contributed by atoms with Crippen LogP contribution in [0, 0.1) is 11.3 Å². The van der Waals surface area contributed by atoms with Gasteiger partial charge in [0, 0.05) is 38.1 Å². The molecular weight excluding hydrogens is 468 g/mol. The number of aromatic nitrogens is 3. The van der Waals surface area contributed by atoms with E-state index in [0.717, 1.165) is 38.4 Å². The lowest BCUT2D eigenvalue weighted by molar-refractivity contribution is 0.253. The molecular formula is C27H32N8O2. The van der Waals surface area contributed by atoms with Crippen LogP contribution in [0.5, 0.6) is 5.88 Å². The second-order valence-corrected chi connectivity index (χ2v) is 8.46. The Kier molecular flexibility index (Phi) is 8.51. The number of anilines is 4. The van der Waals surface area contributed by atoms with E-state index in [-0.39, 0.29) is 0 Å². The van der Waals surface area contributed by atoms with Gasteiger partial charge in [0.15, 0.2) is 0 Å². The maximum atomic E-state index is 10.2. The lowest BCUT2D eigenvalue weighted by Crippen LogP contribution is -2.46. The summed E-state index contributed by atoms with van der Waals surface area (Å²) in [6, 6.07) is 11.7. The molecule has 1 atom stereocenters. The molecule has 1 aromatic carbocycles. The van der Waals surface area contributed by atoms with Crippen LogP contribution in [0.3, 0.4) is 0 Å². The molecule has 2 aromatic heterocycles. The third-order valence-corrected chi connectivity index (χ3v) is 6.18. The first-order chi connectivity index (χ1) is 18.1. The van der Waals surface area contributed by atoms with Crippen molar-refractivity contribution in [3.05, 3.63) is 60.9 Å². The van der Waals surface area contributed by atoms with E-state index in [1.54, 1.807) is 12.3 Å². The van der Waals surface area contributed by atoms with Crippen LogP contribution < -0.4 is 20.3 Å². The van der Waals surface area contributed by atoms with E-state index in [2.05, 4.69) is 55.0 Å². The molecule has 3 aromatic rings. The summed E-state index contributed by atoms with van der Waals surface area (Å²) in [4.78, 5) is 18.0. The number of likely N-dealkylation sites (N-methyl/N-ethyl adjacent to an activating group) is 1. The summed E-state index contributed by atoms with van der Waals surface area (Å²) in [6.07, 6.45) is 3.59. The van der Waals surface area contributed by atoms with Crippen LogP contribution in [0.1, 0.15) is 19.4 Å². The number of hydrogen-bond acceptors (Lipinski definition) is 10. The van der Waals surface area contributed by atoms with Crippen molar-refractivity contribution in [2.45, 2.75) is 20.1 Å². The lowest BCUT2D eigenvalue weighted by atomic mass is 10.1. The highest BCUT2D eigenvalue weighted by Crippen LogP contribution is 2.33. The molecule has 3 heterocycles. The second kappa shape index (κ2) is 12.2. The van der Waals surface area contributed by atoms with Gasteiger partial charge in [-0.15, -0.1) is 0 Å². The zero-order valence-electron chi connectivity index (χ0n) is 21.2. The Labute approximate surface area is 217 Å². The number of piperazine rings is 1. The number of nitrogens with zero attached hydrogens (tertiary/aromatic N) is 6. The first kappa shape index (κ1) is 25.9. The number of aliphatic hydroxyl groups excluding tert-OH is 1. The molecule has 192 valence electrons. The van der Waals surface area contributed by atoms with Crippen LogP contribution in [0.25, 0.3) is 11.3 Å². The molecule has 0 saturated carbocycles. The van der Waals surface area contributed by atoms with E-state index in [1.807, 2.05) is 31.2 Å². The monoisotopic (exact) mass is 500 g/mol. The Morgan fingerprint density at radius 1 is 1.19 bits per heavy atom. The van der Waals surface area contributed by atoms with E-state index in [0.29, 0.717) is 46.6 Å². The van der Waals surface area contributed by atoms with Crippen LogP contribution in [0.4, 0.5) is 23.0 Å². The predicted molar refractivity (Wildman–Crippen MR) is 145 cm³/mol. The Balaban J connectivity index is 1.66. The SMILES string of the molecule is C=CC(O)Nc1cc(N2CCN(CC)CC2)ccc1Nc1ncc(C#N)c(-c2cccnc2OCC)n1. The number of aliphatic hydroxyl groups is 1. The van der Waals surface area contributed by atoms with Crippen LogP contribution in [-0.2, 0) is 0 Å². The van der Waals surface area contributed by atoms with Gasteiger partial charge in [-0.3, -0.25) is 0 Å². The average molecular weight is 501 g/mol. The molecule has 0 bridgehead atoms. The van der Waals surface area contributed by atoms with Crippen molar-refractivity contribution in [3.63, 3.8) is 0 Å². The molecule has 0 spiro atoms. The zero-order valence-corrected chi connectivity index (χ0v) is 21.2. The van der Waals surface area contributed by atoms with Gasteiger partial charge in [0.05, 0.1) is 41.0 Å². The quantitative estimate of drug-likeness (QED) is 0.281. The van der Waals surface area contributed by atoms with Gasteiger partial charge in [-0.2, -0.15) is 5.26 Å². The summed E-state index contributed by atoms with van der Waals surface area (Å²) in [7, 11) is 0. The lowest BCUT2D eigenvalue weighted by Gasteiger charge is -2.36. The maximum Gasteiger partial charge on any atom is 0.227 e. The first-order valence-corrected chi connectivity index (χ1v) is 12.4. The molecule has 10 heteroatoms. The summed E-state index contributed by atoms with van der Waals surface area (Å²) in [5.74, 6) is 0.691. The van der Waals surface area contributed by atoms with E-state index >= 15 is 0 Å². The standard InChI is InChI=1S/C27H32N8O2/c1-4-24(36)31-23-16-20(35-14-12-34(5-2)13-15-35)9-10-22(23)32-27-30-18-19(17-28)25(33-27)21-8-7-11-29-26(21)37-6-3/h4,7-11,16,18,24,31,36H,1,5-6,12-15H2,2-3H3,(H,30,32,33). The Hall–Kier alpha value is -4.20. The average Bonchev–Trinajstić information content (AvgIpc) is 2.94. The van der Waals surface area contributed by atoms with E-state index in [4.69, 9.17) is 4.74 Å². The number of pyridine rings is 1. The van der Waals surface area contributed by atoms with Crippen molar-refractivity contribution in [3.8, 4) is 23.2 Å². The van der Waals surface area contributed by atoms with E-state index < -0.39 is 6.23 Å². The summed E-state index contributed by atoms with van der Waals surface area (Å²) in [5, 5.41) is 26.2. The van der Waals surface area contributed by atoms with Crippen molar-refractivity contribution >= 4 is 23.0 Å². The summed E-state index contributed by atoms with van der Waals surface area (Å²) in [6.45, 7) is 13.1. The summed E-state index contributed by atoms with van der Waals surface area (Å²) in [5.41, 5.74) is 3.73. The van der Waals surface area contributed by atoms with Crippen molar-refractivity contribution in [2.24, 2.45) is 0 Å². The smallest absolute Gasteiger partial charge is 0.227 e. The molecule has 37 heavy (non-hydrogen) atoms. The molecule has 1 aliphatic rings. The first-order valence-electron chi connectivity index (χ1n) is 12.4. The Bertz CT molecular complexity index is 1270. The molecule has 1 aliphatic heterocycles. The number of nitrogens with one attached hydrogen (secondary N) is 2. The van der Waals surface area contributed by atoms with Crippen LogP contribution in [-0.4, -0.2) is 70.5 Å². The molecule has 0 amide bonds. The molecule has 0 radical (unpaired) electrons. The number of nitriles is 1. The van der Waals surface area contributed by atoms with Gasteiger partial charge in [0.2, 0.25) is 11.8 Å². The molecule has 3 N–H and O–H groups in total. The van der Waals surface area contributed by atoms with E-state index in [9.17, 15) is 10.4 Å². The topological polar surface area (TPSA) is 122 Å². The van der Waals surface area contributed by atoms with Gasteiger partial charge >= 0.3 is 0 Å². The maximum absolute atomic E-state index is 10.2. The fraction of sp³-hybridized carbons (Fsp3) is 0.333. The van der Waals surface area contributed by atoms with Gasteiger partial charge < -0.3 is 30.3 Å². The number of rotatable bonds is 10. The minimum absolute atomic E-state index is 0.292. The van der Waals surface area contributed by atoms with Gasteiger partial charge in [0.25, 0.3) is 0 Å². The normalized spacial score (nSPS) is 14.5. The number of benzene rings is 1. The highest BCUT2D eigenvalue weighted by atomic mass is 16.5. The Morgan fingerprint density at radius 2 is 2.00 bits per heavy atom. The van der Waals surface area contributed by atoms with Crippen LogP contribution in [0.2, 0.25) is 0 Å². The molecule has 1 unspecified atom stereocenters. The van der Waals surface area contributed by atoms with Gasteiger partial charge in [-0.1, -0.05) is 13.5 Å². The van der Waals surface area contributed by atoms with Crippen molar-refractivity contribution in [1.29, 1.82) is 5.26 Å². The predicted octanol–water partition coefficient (Wildman–Crippen LogP) is 3.61. The van der Waals surface area contributed by atoms with Crippen molar-refractivity contribution in [2.75, 3.05) is 54.9 Å². The molecule has 0 aliphatic carbocycles. The van der Waals surface area contributed by atoms with Crippen LogP contribution >= 0.6 is 0 Å². The van der Waals surface area contributed by atoms with E-state index in [1.165, 1.54) is 12.3 Å². The van der Waals surface area contributed by atoms with Crippen molar-refractivity contribution in [1.82, 2.24) is 19.9 Å². The number of hydrogen-bond donors (Lipinski definition) is 3. The van der Waals surface area contributed by atoms with Crippen molar-refractivity contribution < 1.29 is 9.84 Å². The fourth-order valence-corrected chi connectivity index (χ4v) is 4.17. The summed E-state index contributed by atoms with van der Waals surface area (Å²) >= 11 is 0. The molecule has 4 rings (SSSR count). The molecule has 10 nitrogen and oxygen atoms in total. The minimum atomic E-state index is -0.936. The highest BCUT2D eigenvalue weighted by Gasteiger charge is 2.19. The molecule has 1 fully saturated rings. The molecule has 1 saturated heterocycles. The van der Waals surface area contributed by atoms with Crippen LogP contribution in [0.15, 0.2) is 55.4 Å². The van der Waals surface area contributed by atoms with Gasteiger partial charge in [0.1, 0.15) is 12.3 Å².